The predicted molar refractivity (Wildman–Crippen MR) is 77.6 cm³/mol. The average molecular weight is 349 g/mol. The number of halogens is 1. The van der Waals surface area contributed by atoms with Gasteiger partial charge in [-0.25, -0.2) is 12.7 Å². The molecule has 0 aliphatic heterocycles. The molecular weight excluding hydrogens is 332 g/mol. The van der Waals surface area contributed by atoms with E-state index >= 15 is 0 Å². The zero-order valence-electron chi connectivity index (χ0n) is 11.1. The first-order chi connectivity index (χ1) is 8.80. The Hall–Kier alpha value is -0.920. The number of nitrogens with zero attached hydrogens (tertiary/aromatic N) is 1. The van der Waals surface area contributed by atoms with Gasteiger partial charge in [0.05, 0.1) is 4.90 Å². The molecule has 0 atom stereocenters. The number of carbonyl (C=O) groups is 1. The van der Waals surface area contributed by atoms with E-state index in [0.29, 0.717) is 16.6 Å². The Morgan fingerprint density at radius 2 is 2.00 bits per heavy atom. The standard InChI is InChI=1S/C12H17BrN2O3S/c1-4-7-14-12(16)9-5-6-10(13)11(8-9)19(17,18)15(2)3/h5-6,8H,4,7H2,1-3H3,(H,14,16). The van der Waals surface area contributed by atoms with Crippen molar-refractivity contribution in [1.29, 1.82) is 0 Å². The minimum Gasteiger partial charge on any atom is -0.352 e. The van der Waals surface area contributed by atoms with E-state index in [2.05, 4.69) is 21.2 Å². The normalized spacial score (nSPS) is 11.6. The summed E-state index contributed by atoms with van der Waals surface area (Å²) in [6.07, 6.45) is 0.825. The Morgan fingerprint density at radius 3 is 2.53 bits per heavy atom. The molecule has 0 bridgehead atoms. The molecule has 0 spiro atoms. The molecule has 1 N–H and O–H groups in total. The van der Waals surface area contributed by atoms with Crippen LogP contribution in [-0.2, 0) is 10.0 Å². The highest BCUT2D eigenvalue weighted by atomic mass is 79.9. The van der Waals surface area contributed by atoms with Crippen molar-refractivity contribution in [3.05, 3.63) is 28.2 Å². The van der Waals surface area contributed by atoms with Gasteiger partial charge in [-0.2, -0.15) is 0 Å². The third kappa shape index (κ3) is 3.77. The summed E-state index contributed by atoms with van der Waals surface area (Å²) in [5.41, 5.74) is 0.331. The Morgan fingerprint density at radius 1 is 1.37 bits per heavy atom. The maximum absolute atomic E-state index is 12.1. The van der Waals surface area contributed by atoms with Crippen LogP contribution in [0.1, 0.15) is 23.7 Å². The zero-order chi connectivity index (χ0) is 14.6. The summed E-state index contributed by atoms with van der Waals surface area (Å²) in [5.74, 6) is -0.274. The smallest absolute Gasteiger partial charge is 0.251 e. The van der Waals surface area contributed by atoms with Gasteiger partial charge in [0.1, 0.15) is 0 Å². The second-order valence-electron chi connectivity index (χ2n) is 4.19. The minimum absolute atomic E-state index is 0.0849. The lowest BCUT2D eigenvalue weighted by atomic mass is 10.2. The van der Waals surface area contributed by atoms with Crippen LogP contribution < -0.4 is 5.32 Å². The van der Waals surface area contributed by atoms with E-state index in [1.165, 1.54) is 20.2 Å². The maximum atomic E-state index is 12.1. The maximum Gasteiger partial charge on any atom is 0.251 e. The van der Waals surface area contributed by atoms with Gasteiger partial charge in [-0.15, -0.1) is 0 Å². The van der Waals surface area contributed by atoms with E-state index in [9.17, 15) is 13.2 Å². The fourth-order valence-electron chi connectivity index (χ4n) is 1.38. The van der Waals surface area contributed by atoms with Gasteiger partial charge in [-0.3, -0.25) is 4.79 Å². The van der Waals surface area contributed by atoms with Crippen molar-refractivity contribution in [1.82, 2.24) is 9.62 Å². The molecule has 0 aliphatic carbocycles. The monoisotopic (exact) mass is 348 g/mol. The highest BCUT2D eigenvalue weighted by molar-refractivity contribution is 9.10. The summed E-state index contributed by atoms with van der Waals surface area (Å²) in [6.45, 7) is 2.51. The molecule has 7 heteroatoms. The lowest BCUT2D eigenvalue weighted by Crippen LogP contribution is -2.26. The van der Waals surface area contributed by atoms with Crippen LogP contribution in [0.25, 0.3) is 0 Å². The topological polar surface area (TPSA) is 66.5 Å². The number of rotatable bonds is 5. The summed E-state index contributed by atoms with van der Waals surface area (Å²) in [6, 6.07) is 4.53. The molecule has 1 aromatic rings. The molecule has 1 aromatic carbocycles. The Labute approximate surface area is 122 Å². The molecule has 0 saturated carbocycles. The first-order valence-corrected chi connectivity index (χ1v) is 8.04. The van der Waals surface area contributed by atoms with Crippen LogP contribution in [0.3, 0.4) is 0 Å². The average Bonchev–Trinajstić information content (AvgIpc) is 2.36. The zero-order valence-corrected chi connectivity index (χ0v) is 13.5. The molecule has 0 aliphatic rings. The van der Waals surface area contributed by atoms with Crippen LogP contribution in [0.5, 0.6) is 0 Å². The van der Waals surface area contributed by atoms with E-state index in [-0.39, 0.29) is 10.8 Å². The Bertz CT molecular complexity index is 570. The van der Waals surface area contributed by atoms with Gasteiger partial charge in [-0.1, -0.05) is 6.92 Å². The number of amides is 1. The largest absolute Gasteiger partial charge is 0.352 e. The summed E-state index contributed by atoms with van der Waals surface area (Å²) < 4.78 is 25.8. The molecule has 0 unspecified atom stereocenters. The Kier molecular flexibility index (Phi) is 5.51. The molecule has 106 valence electrons. The molecule has 1 rings (SSSR count). The van der Waals surface area contributed by atoms with E-state index in [0.717, 1.165) is 10.7 Å². The number of benzene rings is 1. The molecule has 5 nitrogen and oxygen atoms in total. The van der Waals surface area contributed by atoms with Crippen LogP contribution in [0.15, 0.2) is 27.6 Å². The number of hydrogen-bond donors (Lipinski definition) is 1. The third-order valence-corrected chi connectivity index (χ3v) is 5.30. The highest BCUT2D eigenvalue weighted by Gasteiger charge is 2.22. The van der Waals surface area contributed by atoms with E-state index in [4.69, 9.17) is 0 Å². The highest BCUT2D eigenvalue weighted by Crippen LogP contribution is 2.25. The fourth-order valence-corrected chi connectivity index (χ4v) is 3.22. The molecule has 0 heterocycles. The fraction of sp³-hybridized carbons (Fsp3) is 0.417. The lowest BCUT2D eigenvalue weighted by Gasteiger charge is -2.14. The second-order valence-corrected chi connectivity index (χ2v) is 7.16. The van der Waals surface area contributed by atoms with Crippen molar-refractivity contribution in [2.24, 2.45) is 0 Å². The Balaban J connectivity index is 3.19. The van der Waals surface area contributed by atoms with Crippen molar-refractivity contribution in [2.45, 2.75) is 18.2 Å². The van der Waals surface area contributed by atoms with E-state index < -0.39 is 10.0 Å². The van der Waals surface area contributed by atoms with Gasteiger partial charge in [0.2, 0.25) is 10.0 Å². The van der Waals surface area contributed by atoms with Gasteiger partial charge < -0.3 is 5.32 Å². The number of hydrogen-bond acceptors (Lipinski definition) is 3. The molecule has 0 fully saturated rings. The first kappa shape index (κ1) is 16.1. The van der Waals surface area contributed by atoms with Crippen molar-refractivity contribution >= 4 is 31.9 Å². The van der Waals surface area contributed by atoms with Crippen LogP contribution >= 0.6 is 15.9 Å². The van der Waals surface area contributed by atoms with Crippen molar-refractivity contribution in [3.63, 3.8) is 0 Å². The van der Waals surface area contributed by atoms with Crippen molar-refractivity contribution in [3.8, 4) is 0 Å². The van der Waals surface area contributed by atoms with Gasteiger partial charge in [0.25, 0.3) is 5.91 Å². The molecule has 0 radical (unpaired) electrons. The number of nitrogens with one attached hydrogen (secondary N) is 1. The van der Waals surface area contributed by atoms with Crippen molar-refractivity contribution < 1.29 is 13.2 Å². The van der Waals surface area contributed by atoms with Crippen LogP contribution in [0.4, 0.5) is 0 Å². The molecule has 0 saturated heterocycles. The van der Waals surface area contributed by atoms with E-state index in [1.54, 1.807) is 12.1 Å². The molecule has 19 heavy (non-hydrogen) atoms. The quantitative estimate of drug-likeness (QED) is 0.882. The van der Waals surface area contributed by atoms with Crippen molar-refractivity contribution in [2.75, 3.05) is 20.6 Å². The second kappa shape index (κ2) is 6.49. The lowest BCUT2D eigenvalue weighted by molar-refractivity contribution is 0.0953. The summed E-state index contributed by atoms with van der Waals surface area (Å²) in [7, 11) is -0.678. The van der Waals surface area contributed by atoms with E-state index in [1.807, 2.05) is 6.92 Å². The number of carbonyl (C=O) groups excluding carboxylic acids is 1. The number of sulfonamides is 1. The van der Waals surface area contributed by atoms with Gasteiger partial charge in [0, 0.05) is 30.7 Å². The van der Waals surface area contributed by atoms with Gasteiger partial charge in [-0.05, 0) is 40.5 Å². The summed E-state index contributed by atoms with van der Waals surface area (Å²) in [5, 5.41) is 2.71. The third-order valence-electron chi connectivity index (χ3n) is 2.49. The minimum atomic E-state index is -3.58. The first-order valence-electron chi connectivity index (χ1n) is 5.81. The van der Waals surface area contributed by atoms with Crippen LogP contribution in [-0.4, -0.2) is 39.3 Å². The van der Waals surface area contributed by atoms with Gasteiger partial charge >= 0.3 is 0 Å². The van der Waals surface area contributed by atoms with Gasteiger partial charge in [0.15, 0.2) is 0 Å². The SMILES string of the molecule is CCCNC(=O)c1ccc(Br)c(S(=O)(=O)N(C)C)c1. The summed E-state index contributed by atoms with van der Waals surface area (Å²) in [4.78, 5) is 11.9. The predicted octanol–water partition coefficient (Wildman–Crippen LogP) is 1.84. The molecule has 0 aromatic heterocycles. The molecule has 1 amide bonds. The summed E-state index contributed by atoms with van der Waals surface area (Å²) >= 11 is 3.20. The van der Waals surface area contributed by atoms with Crippen LogP contribution in [0.2, 0.25) is 0 Å². The van der Waals surface area contributed by atoms with Crippen LogP contribution in [0, 0.1) is 0 Å². The molecular formula is C12H17BrN2O3S.